The van der Waals surface area contributed by atoms with Crippen molar-refractivity contribution in [1.82, 2.24) is 35.1 Å². The summed E-state index contributed by atoms with van der Waals surface area (Å²) >= 11 is 0. The van der Waals surface area contributed by atoms with Crippen LogP contribution in [0.2, 0.25) is 0 Å². The van der Waals surface area contributed by atoms with E-state index in [-0.39, 0.29) is 42.7 Å². The van der Waals surface area contributed by atoms with Gasteiger partial charge in [-0.05, 0) is 13.0 Å². The van der Waals surface area contributed by atoms with Crippen LogP contribution in [0.25, 0.3) is 0 Å². The van der Waals surface area contributed by atoms with E-state index in [0.29, 0.717) is 19.2 Å². The van der Waals surface area contributed by atoms with Gasteiger partial charge in [0.05, 0.1) is 19.0 Å². The van der Waals surface area contributed by atoms with Gasteiger partial charge in [0.1, 0.15) is 18.0 Å². The predicted octanol–water partition coefficient (Wildman–Crippen LogP) is 1.64. The first kappa shape index (κ1) is 28.6. The number of hydrogen-bond acceptors (Lipinski definition) is 11. The van der Waals surface area contributed by atoms with Crippen LogP contribution in [0.5, 0.6) is 5.88 Å². The van der Waals surface area contributed by atoms with Crippen molar-refractivity contribution in [3.05, 3.63) is 24.7 Å². The molecular formula is C25H34F2N10O4. The van der Waals surface area contributed by atoms with Crippen molar-refractivity contribution in [2.75, 3.05) is 68.5 Å². The van der Waals surface area contributed by atoms with Gasteiger partial charge in [-0.2, -0.15) is 4.98 Å². The number of likely N-dealkylation sites (N-methyl/N-ethyl adjacent to an activating group) is 1. The summed E-state index contributed by atoms with van der Waals surface area (Å²) in [6, 6.07) is -0.396. The molecule has 3 N–H and O–H groups in total. The molecule has 5 rings (SSSR count). The summed E-state index contributed by atoms with van der Waals surface area (Å²) in [4.78, 5) is 46.8. The highest BCUT2D eigenvalue weighted by Crippen LogP contribution is 2.33. The molecule has 3 aliphatic heterocycles. The van der Waals surface area contributed by atoms with Crippen LogP contribution in [0.3, 0.4) is 0 Å². The van der Waals surface area contributed by atoms with Gasteiger partial charge in [0.25, 0.3) is 5.92 Å². The second-order valence-electron chi connectivity index (χ2n) is 10.2. The Morgan fingerprint density at radius 3 is 2.78 bits per heavy atom. The maximum Gasteiger partial charge on any atom is 0.413 e. The van der Waals surface area contributed by atoms with Crippen LogP contribution in [-0.4, -0.2) is 119 Å². The van der Waals surface area contributed by atoms with Gasteiger partial charge in [-0.15, -0.1) is 0 Å². The molecule has 3 fully saturated rings. The lowest BCUT2D eigenvalue weighted by atomic mass is 10.00. The van der Waals surface area contributed by atoms with Crippen LogP contribution >= 0.6 is 0 Å². The highest BCUT2D eigenvalue weighted by molar-refractivity contribution is 5.88. The van der Waals surface area contributed by atoms with Gasteiger partial charge >= 0.3 is 12.1 Å². The zero-order chi connectivity index (χ0) is 29.0. The van der Waals surface area contributed by atoms with E-state index < -0.39 is 30.5 Å². The number of carbonyl (C=O) groups is 2. The van der Waals surface area contributed by atoms with Gasteiger partial charge in [0.2, 0.25) is 11.8 Å². The molecule has 3 aliphatic rings. The molecule has 222 valence electrons. The summed E-state index contributed by atoms with van der Waals surface area (Å²) in [5.74, 6) is -2.44. The maximum atomic E-state index is 15.0. The minimum Gasteiger partial charge on any atom is -0.477 e. The average molecular weight is 577 g/mol. The van der Waals surface area contributed by atoms with E-state index >= 15 is 0 Å². The number of aromatic nitrogens is 4. The van der Waals surface area contributed by atoms with E-state index in [9.17, 15) is 18.4 Å². The molecule has 3 amide bonds. The molecular weight excluding hydrogens is 542 g/mol. The van der Waals surface area contributed by atoms with Crippen molar-refractivity contribution in [2.45, 2.75) is 43.9 Å². The fourth-order valence-corrected chi connectivity index (χ4v) is 5.27. The van der Waals surface area contributed by atoms with Crippen LogP contribution in [0.1, 0.15) is 19.8 Å². The SMILES string of the molecule is CCOc1cnc(NC(=O)N(C)C2CN(c3nccc(NC(=O)OC4CC5CNCCN5C4)n3)CCC2(F)F)cn1. The second kappa shape index (κ2) is 12.3. The zero-order valence-electron chi connectivity index (χ0n) is 22.9. The Bertz CT molecular complexity index is 1210. The number of nitrogens with one attached hydrogen (secondary N) is 3. The van der Waals surface area contributed by atoms with Gasteiger partial charge in [0.15, 0.2) is 5.82 Å². The van der Waals surface area contributed by atoms with Gasteiger partial charge in [-0.1, -0.05) is 0 Å². The van der Waals surface area contributed by atoms with Gasteiger partial charge in [-0.3, -0.25) is 15.5 Å². The summed E-state index contributed by atoms with van der Waals surface area (Å²) in [5.41, 5.74) is 0. The molecule has 41 heavy (non-hydrogen) atoms. The zero-order valence-corrected chi connectivity index (χ0v) is 22.9. The Labute approximate surface area is 235 Å². The molecule has 2 aromatic heterocycles. The number of carbonyl (C=O) groups excluding carboxylic acids is 2. The van der Waals surface area contributed by atoms with E-state index in [4.69, 9.17) is 9.47 Å². The fourth-order valence-electron chi connectivity index (χ4n) is 5.27. The number of ether oxygens (including phenoxy) is 2. The molecule has 3 atom stereocenters. The van der Waals surface area contributed by atoms with E-state index in [0.717, 1.165) is 31.0 Å². The first-order chi connectivity index (χ1) is 19.7. The summed E-state index contributed by atoms with van der Waals surface area (Å²) in [7, 11) is 1.29. The molecule has 0 saturated carbocycles. The minimum absolute atomic E-state index is 0.0371. The fraction of sp³-hybridized carbons (Fsp3) is 0.600. The average Bonchev–Trinajstić information content (AvgIpc) is 3.36. The van der Waals surface area contributed by atoms with Gasteiger partial charge in [-0.25, -0.2) is 33.3 Å². The lowest BCUT2D eigenvalue weighted by Gasteiger charge is -2.42. The summed E-state index contributed by atoms with van der Waals surface area (Å²) < 4.78 is 40.8. The van der Waals surface area contributed by atoms with Crippen LogP contribution in [0.4, 0.5) is 36.0 Å². The number of hydrogen-bond donors (Lipinski definition) is 3. The molecule has 16 heteroatoms. The Balaban J connectivity index is 1.19. The van der Waals surface area contributed by atoms with Crippen molar-refractivity contribution < 1.29 is 27.8 Å². The minimum atomic E-state index is -3.16. The number of nitrogens with zero attached hydrogens (tertiary/aromatic N) is 7. The van der Waals surface area contributed by atoms with Gasteiger partial charge < -0.3 is 24.6 Å². The quantitative estimate of drug-likeness (QED) is 0.441. The third-order valence-corrected chi connectivity index (χ3v) is 7.41. The van der Waals surface area contributed by atoms with E-state index in [1.54, 1.807) is 11.8 Å². The van der Waals surface area contributed by atoms with E-state index in [1.165, 1.54) is 31.7 Å². The van der Waals surface area contributed by atoms with Crippen molar-refractivity contribution in [3.8, 4) is 5.88 Å². The monoisotopic (exact) mass is 576 g/mol. The second-order valence-corrected chi connectivity index (χ2v) is 10.2. The predicted molar refractivity (Wildman–Crippen MR) is 144 cm³/mol. The number of halogens is 2. The van der Waals surface area contributed by atoms with Crippen LogP contribution in [-0.2, 0) is 4.74 Å². The number of piperidine rings is 1. The number of piperazine rings is 1. The molecule has 3 saturated heterocycles. The third kappa shape index (κ3) is 6.87. The molecule has 0 spiro atoms. The number of anilines is 3. The highest BCUT2D eigenvalue weighted by atomic mass is 19.3. The van der Waals surface area contributed by atoms with Crippen LogP contribution in [0, 0.1) is 0 Å². The molecule has 0 radical (unpaired) electrons. The van der Waals surface area contributed by atoms with Crippen molar-refractivity contribution in [3.63, 3.8) is 0 Å². The lowest BCUT2D eigenvalue weighted by Crippen LogP contribution is -2.60. The van der Waals surface area contributed by atoms with E-state index in [1.807, 2.05) is 0 Å². The van der Waals surface area contributed by atoms with Crippen molar-refractivity contribution in [2.24, 2.45) is 0 Å². The molecule has 5 heterocycles. The number of rotatable bonds is 7. The van der Waals surface area contributed by atoms with E-state index in [2.05, 4.69) is 40.8 Å². The molecule has 2 aromatic rings. The Hall–Kier alpha value is -3.92. The highest BCUT2D eigenvalue weighted by Gasteiger charge is 2.48. The number of urea groups is 1. The normalized spacial score (nSPS) is 23.8. The number of fused-ring (bicyclic) bond motifs is 1. The largest absolute Gasteiger partial charge is 0.477 e. The number of alkyl halides is 2. The van der Waals surface area contributed by atoms with Crippen molar-refractivity contribution >= 4 is 29.7 Å². The topological polar surface area (TPSA) is 150 Å². The summed E-state index contributed by atoms with van der Waals surface area (Å²) in [6.07, 6.45) is 3.43. The Morgan fingerprint density at radius 1 is 1.17 bits per heavy atom. The standard InChI is InChI=1S/C25H34F2N10O4/c1-3-40-21-13-30-20(12-31-21)33-23(38)35(2)18-15-37(8-5-25(18,26)27)22-29-6-4-19(32-22)34-24(39)41-17-10-16-11-28-7-9-36(16)14-17/h4,6,12-13,16-18,28H,3,5,7-11,14-15H2,1-2H3,(H,30,33,38)(H,29,32,34,39). The molecule has 3 unspecified atom stereocenters. The molecule has 0 aliphatic carbocycles. The Kier molecular flexibility index (Phi) is 8.58. The lowest BCUT2D eigenvalue weighted by molar-refractivity contribution is -0.0760. The molecule has 14 nitrogen and oxygen atoms in total. The maximum absolute atomic E-state index is 15.0. The molecule has 0 bridgehead atoms. The van der Waals surface area contributed by atoms with Crippen LogP contribution < -0.4 is 25.6 Å². The summed E-state index contributed by atoms with van der Waals surface area (Å²) in [6.45, 7) is 5.33. The first-order valence-electron chi connectivity index (χ1n) is 13.6. The van der Waals surface area contributed by atoms with Crippen molar-refractivity contribution in [1.29, 1.82) is 0 Å². The van der Waals surface area contributed by atoms with Gasteiger partial charge in [0, 0.05) is 71.4 Å². The Morgan fingerprint density at radius 2 is 2.02 bits per heavy atom. The third-order valence-electron chi connectivity index (χ3n) is 7.41. The summed E-state index contributed by atoms with van der Waals surface area (Å²) in [5, 5.41) is 8.45. The molecule has 0 aromatic carbocycles. The first-order valence-corrected chi connectivity index (χ1v) is 13.6. The smallest absolute Gasteiger partial charge is 0.413 e. The number of amides is 3. The van der Waals surface area contributed by atoms with Crippen LogP contribution in [0.15, 0.2) is 24.7 Å².